The molecule has 12 heteroatoms. The van der Waals surface area contributed by atoms with E-state index in [1.54, 1.807) is 23.9 Å². The molecular weight excluding hydrogens is 417 g/mol. The molecule has 1 aromatic rings. The number of rotatable bonds is 3. The third-order valence-corrected chi connectivity index (χ3v) is 5.36. The van der Waals surface area contributed by atoms with Crippen molar-refractivity contribution in [2.45, 2.75) is 24.7 Å². The molecule has 31 heavy (non-hydrogen) atoms. The van der Waals surface area contributed by atoms with Crippen LogP contribution in [0.25, 0.3) is 0 Å². The van der Waals surface area contributed by atoms with Gasteiger partial charge in [-0.1, -0.05) is 6.08 Å². The first kappa shape index (κ1) is 20.8. The van der Waals surface area contributed by atoms with Crippen molar-refractivity contribution in [3.63, 3.8) is 0 Å². The minimum atomic E-state index is -4.53. The molecule has 0 aliphatic carbocycles. The smallest absolute Gasteiger partial charge is 0.366 e. The zero-order valence-electron chi connectivity index (χ0n) is 16.6. The van der Waals surface area contributed by atoms with Crippen LogP contribution in [0.15, 0.2) is 46.9 Å². The van der Waals surface area contributed by atoms with Gasteiger partial charge in [0.05, 0.1) is 11.7 Å². The molecule has 2 unspecified atom stereocenters. The zero-order chi connectivity index (χ0) is 22.3. The molecule has 1 saturated heterocycles. The number of anilines is 1. The highest BCUT2D eigenvalue weighted by Gasteiger charge is 2.43. The van der Waals surface area contributed by atoms with Gasteiger partial charge in [0.15, 0.2) is 0 Å². The number of nitrogens with zero attached hydrogens (tertiary/aromatic N) is 3. The van der Waals surface area contributed by atoms with Crippen LogP contribution in [0.1, 0.15) is 6.42 Å². The second-order valence-electron chi connectivity index (χ2n) is 7.62. The summed E-state index contributed by atoms with van der Waals surface area (Å²) in [5.41, 5.74) is 0.416. The number of fused-ring (bicyclic) bond motifs is 3. The Labute approximate surface area is 175 Å². The van der Waals surface area contributed by atoms with Gasteiger partial charge in [0.1, 0.15) is 24.1 Å². The normalized spacial score (nSPS) is 22.2. The lowest BCUT2D eigenvalue weighted by molar-refractivity contribution is -0.138. The molecule has 3 N–H and O–H groups in total. The first-order valence-corrected chi connectivity index (χ1v) is 9.67. The average molecular weight is 438 g/mol. The van der Waals surface area contributed by atoms with Crippen LogP contribution >= 0.6 is 0 Å². The van der Waals surface area contributed by atoms with Gasteiger partial charge in [0.25, 0.3) is 0 Å². The number of halogens is 3. The van der Waals surface area contributed by atoms with Crippen LogP contribution in [-0.4, -0.2) is 64.2 Å². The molecule has 0 aromatic carbocycles. The van der Waals surface area contributed by atoms with Gasteiger partial charge in [-0.2, -0.15) is 13.2 Å². The van der Waals surface area contributed by atoms with E-state index in [0.29, 0.717) is 31.0 Å². The number of pyridine rings is 1. The third-order valence-electron chi connectivity index (χ3n) is 5.36. The van der Waals surface area contributed by atoms with E-state index in [4.69, 9.17) is 0 Å². The largest absolute Gasteiger partial charge is 0.405 e. The zero-order valence-corrected chi connectivity index (χ0v) is 16.6. The van der Waals surface area contributed by atoms with Gasteiger partial charge in [-0.05, 0) is 12.5 Å². The summed E-state index contributed by atoms with van der Waals surface area (Å²) in [7, 11) is 1.71. The van der Waals surface area contributed by atoms with E-state index in [2.05, 4.69) is 10.6 Å². The molecule has 4 rings (SSSR count). The van der Waals surface area contributed by atoms with Crippen molar-refractivity contribution < 1.29 is 22.8 Å². The number of amides is 3. The van der Waals surface area contributed by atoms with Gasteiger partial charge in [0.2, 0.25) is 11.3 Å². The van der Waals surface area contributed by atoms with E-state index in [0.717, 1.165) is 0 Å². The number of allylic oxidation sites excluding steroid dienone is 1. The van der Waals surface area contributed by atoms with Crippen molar-refractivity contribution in [1.29, 1.82) is 0 Å². The van der Waals surface area contributed by atoms with Gasteiger partial charge in [-0.15, -0.1) is 0 Å². The number of hydrogen-bond donors (Lipinski definition) is 3. The van der Waals surface area contributed by atoms with Crippen LogP contribution < -0.4 is 21.4 Å². The summed E-state index contributed by atoms with van der Waals surface area (Å²) in [4.78, 5) is 40.9. The van der Waals surface area contributed by atoms with Crippen molar-refractivity contribution in [3.05, 3.63) is 52.4 Å². The molecule has 3 aliphatic rings. The lowest BCUT2D eigenvalue weighted by Crippen LogP contribution is -2.56. The van der Waals surface area contributed by atoms with Crippen molar-refractivity contribution in [2.24, 2.45) is 7.05 Å². The summed E-state index contributed by atoms with van der Waals surface area (Å²) in [6.07, 6.45) is 2.29. The first-order chi connectivity index (χ1) is 14.6. The average Bonchev–Trinajstić information content (AvgIpc) is 3.12. The maximum Gasteiger partial charge on any atom is 0.405 e. The summed E-state index contributed by atoms with van der Waals surface area (Å²) < 4.78 is 38.9. The van der Waals surface area contributed by atoms with E-state index >= 15 is 0 Å². The van der Waals surface area contributed by atoms with Crippen molar-refractivity contribution in [3.8, 4) is 0 Å². The van der Waals surface area contributed by atoms with E-state index in [1.165, 1.54) is 23.2 Å². The summed E-state index contributed by atoms with van der Waals surface area (Å²) in [5, 5.41) is 7.35. The van der Waals surface area contributed by atoms with E-state index < -0.39 is 30.7 Å². The third kappa shape index (κ3) is 4.23. The lowest BCUT2D eigenvalue weighted by atomic mass is 10.1. The number of dihydropyridines is 1. The highest BCUT2D eigenvalue weighted by molar-refractivity contribution is 5.91. The molecule has 0 saturated carbocycles. The summed E-state index contributed by atoms with van der Waals surface area (Å²) >= 11 is 0. The number of hydrogen-bond acceptors (Lipinski definition) is 5. The van der Waals surface area contributed by atoms with Crippen LogP contribution in [0.5, 0.6) is 0 Å². The Morgan fingerprint density at radius 1 is 1.32 bits per heavy atom. The Balaban J connectivity index is 1.56. The van der Waals surface area contributed by atoms with Crippen molar-refractivity contribution in [2.75, 3.05) is 25.0 Å². The molecule has 0 spiro atoms. The maximum atomic E-state index is 13.1. The summed E-state index contributed by atoms with van der Waals surface area (Å²) in [5.74, 6) is -0.529. The highest BCUT2D eigenvalue weighted by atomic mass is 19.4. The van der Waals surface area contributed by atoms with Gasteiger partial charge < -0.3 is 25.4 Å². The first-order valence-electron chi connectivity index (χ1n) is 9.67. The molecule has 3 amide bonds. The number of aryl methyl sites for hydroxylation is 1. The Bertz CT molecular complexity index is 1030. The fourth-order valence-electron chi connectivity index (χ4n) is 3.91. The summed E-state index contributed by atoms with van der Waals surface area (Å²) in [6.45, 7) is -0.173. The Morgan fingerprint density at radius 2 is 2.10 bits per heavy atom. The molecule has 1 aromatic heterocycles. The molecule has 3 aliphatic heterocycles. The van der Waals surface area contributed by atoms with Gasteiger partial charge in [0, 0.05) is 38.6 Å². The Kier molecular flexibility index (Phi) is 5.15. The van der Waals surface area contributed by atoms with Crippen LogP contribution in [0, 0.1) is 0 Å². The quantitative estimate of drug-likeness (QED) is 0.645. The van der Waals surface area contributed by atoms with Crippen LogP contribution in [0.2, 0.25) is 0 Å². The molecule has 9 nitrogen and oxygen atoms in total. The molecule has 2 bridgehead atoms. The number of urea groups is 1. The second-order valence-corrected chi connectivity index (χ2v) is 7.62. The number of nitrogens with one attached hydrogen (secondary N) is 3. The van der Waals surface area contributed by atoms with E-state index in [-0.39, 0.29) is 17.2 Å². The predicted molar refractivity (Wildman–Crippen MR) is 105 cm³/mol. The van der Waals surface area contributed by atoms with E-state index in [9.17, 15) is 27.6 Å². The predicted octanol–water partition coefficient (Wildman–Crippen LogP) is 0.683. The number of aromatic nitrogens is 1. The van der Waals surface area contributed by atoms with Gasteiger partial charge >= 0.3 is 12.2 Å². The molecular formula is C19H21F3N6O3. The molecule has 2 atom stereocenters. The highest BCUT2D eigenvalue weighted by Crippen LogP contribution is 2.33. The molecule has 4 heterocycles. The lowest BCUT2D eigenvalue weighted by Gasteiger charge is -2.40. The fraction of sp³-hybridized carbons (Fsp3) is 0.421. The minimum Gasteiger partial charge on any atom is -0.366 e. The molecule has 1 fully saturated rings. The molecule has 166 valence electrons. The second kappa shape index (κ2) is 7.67. The summed E-state index contributed by atoms with van der Waals surface area (Å²) in [6, 6.07) is -0.500. The number of carbonyl (C=O) groups excluding carboxylic acids is 2. The maximum absolute atomic E-state index is 13.1. The van der Waals surface area contributed by atoms with Gasteiger partial charge in [-0.3, -0.25) is 14.5 Å². The van der Waals surface area contributed by atoms with Crippen LogP contribution in [0.3, 0.4) is 0 Å². The number of carbonyl (C=O) groups is 2. The monoisotopic (exact) mass is 438 g/mol. The SMILES string of the molecule is Cn1ccc(=O)c(NC(=O)N2C3=C(C=CC(C(=O)NCC(F)(F)F)N3)N3CCC2C3)c1. The standard InChI is InChI=1S/C19H21F3N6O3/c1-26-6-5-15(29)13(9-26)25-18(31)28-11-4-7-27(8-11)14-3-2-12(24-16(14)28)17(30)23-10-19(20,21)22/h2-3,5-6,9,11-12,24H,4,7-8,10H2,1H3,(H,23,30)(H,25,31). The minimum absolute atomic E-state index is 0.100. The van der Waals surface area contributed by atoms with Crippen LogP contribution in [-0.2, 0) is 11.8 Å². The number of alkyl halides is 3. The van der Waals surface area contributed by atoms with Crippen molar-refractivity contribution >= 4 is 17.6 Å². The Morgan fingerprint density at radius 3 is 2.84 bits per heavy atom. The van der Waals surface area contributed by atoms with Crippen LogP contribution in [0.4, 0.5) is 23.7 Å². The van der Waals surface area contributed by atoms with Gasteiger partial charge in [-0.25, -0.2) is 4.79 Å². The fourth-order valence-corrected chi connectivity index (χ4v) is 3.91. The van der Waals surface area contributed by atoms with E-state index in [1.807, 2.05) is 10.2 Å². The Hall–Kier alpha value is -3.44. The molecule has 0 radical (unpaired) electrons. The topological polar surface area (TPSA) is 98.7 Å². The van der Waals surface area contributed by atoms with Crippen molar-refractivity contribution in [1.82, 2.24) is 25.0 Å².